The van der Waals surface area contributed by atoms with E-state index in [-0.39, 0.29) is 24.2 Å². The number of hydrogen-bond acceptors (Lipinski definition) is 1. The Morgan fingerprint density at radius 2 is 1.76 bits per heavy atom. The number of halogens is 1. The van der Waals surface area contributed by atoms with Gasteiger partial charge in [0.15, 0.2) is 0 Å². The van der Waals surface area contributed by atoms with Crippen LogP contribution in [0.2, 0.25) is 0 Å². The number of nitrogens with zero attached hydrogens (tertiary/aromatic N) is 1. The summed E-state index contributed by atoms with van der Waals surface area (Å²) >= 11 is 0. The van der Waals surface area contributed by atoms with Crippen molar-refractivity contribution in [2.45, 2.75) is 26.3 Å². The monoisotopic (exact) mass is 336 g/mol. The summed E-state index contributed by atoms with van der Waals surface area (Å²) in [6.07, 6.45) is 4.10. The van der Waals surface area contributed by atoms with Gasteiger partial charge in [-0.3, -0.25) is 4.79 Å². The van der Waals surface area contributed by atoms with E-state index in [1.54, 1.807) is 12.1 Å². The quantitative estimate of drug-likeness (QED) is 0.709. The second kappa shape index (κ2) is 7.34. The topological polar surface area (TPSA) is 34.0 Å². The lowest BCUT2D eigenvalue weighted by Gasteiger charge is -2.20. The van der Waals surface area contributed by atoms with Gasteiger partial charge in [-0.25, -0.2) is 4.39 Å². The molecule has 1 atom stereocenters. The van der Waals surface area contributed by atoms with Gasteiger partial charge in [0.25, 0.3) is 0 Å². The number of nitrogens with one attached hydrogen (secondary N) is 1. The van der Waals surface area contributed by atoms with Crippen LogP contribution in [0.25, 0.3) is 0 Å². The van der Waals surface area contributed by atoms with Crippen molar-refractivity contribution in [3.05, 3.63) is 89.5 Å². The summed E-state index contributed by atoms with van der Waals surface area (Å²) in [6, 6.07) is 15.9. The van der Waals surface area contributed by atoms with Crippen molar-refractivity contribution in [1.82, 2.24) is 4.57 Å². The minimum absolute atomic E-state index is 0.0725. The van der Waals surface area contributed by atoms with Crippen LogP contribution in [0.4, 0.5) is 10.1 Å². The fraction of sp³-hybridized carbons (Fsp3) is 0.190. The van der Waals surface area contributed by atoms with E-state index in [1.165, 1.54) is 12.1 Å². The molecule has 128 valence electrons. The molecule has 3 rings (SSSR count). The zero-order valence-corrected chi connectivity index (χ0v) is 14.4. The first kappa shape index (κ1) is 17.0. The Morgan fingerprint density at radius 1 is 1.08 bits per heavy atom. The highest BCUT2D eigenvalue weighted by atomic mass is 19.1. The third-order valence-electron chi connectivity index (χ3n) is 4.29. The van der Waals surface area contributed by atoms with Crippen molar-refractivity contribution in [3.8, 4) is 0 Å². The molecule has 0 saturated carbocycles. The minimum atomic E-state index is -0.283. The lowest BCUT2D eigenvalue weighted by molar-refractivity contribution is -0.116. The van der Waals surface area contributed by atoms with Crippen LogP contribution in [0.15, 0.2) is 67.0 Å². The molecule has 2 aromatic carbocycles. The zero-order chi connectivity index (χ0) is 17.8. The molecule has 3 aromatic rings. The number of carbonyl (C=O) groups excluding carboxylic acids is 1. The molecule has 0 unspecified atom stereocenters. The molecule has 1 amide bonds. The second-order valence-electron chi connectivity index (χ2n) is 6.27. The lowest BCUT2D eigenvalue weighted by Crippen LogP contribution is -2.20. The molecule has 1 heterocycles. The maximum atomic E-state index is 13.2. The summed E-state index contributed by atoms with van der Waals surface area (Å²) in [5.74, 6) is -0.355. The Balaban J connectivity index is 1.81. The Bertz CT molecular complexity index is 854. The Hall–Kier alpha value is -2.88. The lowest BCUT2D eigenvalue weighted by atomic mass is 10.0. The van der Waals surface area contributed by atoms with Crippen LogP contribution >= 0.6 is 0 Å². The summed E-state index contributed by atoms with van der Waals surface area (Å²) in [6.45, 7) is 3.97. The van der Waals surface area contributed by atoms with Crippen molar-refractivity contribution in [2.24, 2.45) is 0 Å². The fourth-order valence-electron chi connectivity index (χ4n) is 2.88. The summed E-state index contributed by atoms with van der Waals surface area (Å²) in [5.41, 5.74) is 3.85. The van der Waals surface area contributed by atoms with Gasteiger partial charge in [0.05, 0.1) is 12.5 Å². The van der Waals surface area contributed by atoms with Crippen molar-refractivity contribution >= 4 is 11.6 Å². The molecule has 3 nitrogen and oxygen atoms in total. The average molecular weight is 336 g/mol. The third-order valence-corrected chi connectivity index (χ3v) is 4.29. The molecule has 0 aliphatic heterocycles. The van der Waals surface area contributed by atoms with Crippen molar-refractivity contribution in [1.29, 1.82) is 0 Å². The fourth-order valence-corrected chi connectivity index (χ4v) is 2.88. The van der Waals surface area contributed by atoms with Crippen LogP contribution in [-0.4, -0.2) is 10.5 Å². The van der Waals surface area contributed by atoms with Gasteiger partial charge >= 0.3 is 0 Å². The normalized spacial score (nSPS) is 12.0. The molecule has 0 fully saturated rings. The van der Waals surface area contributed by atoms with Gasteiger partial charge < -0.3 is 9.88 Å². The van der Waals surface area contributed by atoms with E-state index in [0.29, 0.717) is 0 Å². The molecule has 0 aliphatic rings. The number of rotatable bonds is 5. The van der Waals surface area contributed by atoms with Gasteiger partial charge in [-0.05, 0) is 60.9 Å². The number of benzene rings is 2. The van der Waals surface area contributed by atoms with Crippen LogP contribution in [0.3, 0.4) is 0 Å². The number of carbonyl (C=O) groups is 1. The van der Waals surface area contributed by atoms with Crippen LogP contribution < -0.4 is 5.32 Å². The molecule has 1 aromatic heterocycles. The van der Waals surface area contributed by atoms with Gasteiger partial charge in [0.2, 0.25) is 5.91 Å². The molecular formula is C21H21FN2O. The van der Waals surface area contributed by atoms with Crippen molar-refractivity contribution in [2.75, 3.05) is 5.32 Å². The molecule has 0 radical (unpaired) electrons. The van der Waals surface area contributed by atoms with Crippen molar-refractivity contribution in [3.63, 3.8) is 0 Å². The first-order valence-electron chi connectivity index (χ1n) is 8.28. The number of amides is 1. The molecule has 1 N–H and O–H groups in total. The minimum Gasteiger partial charge on any atom is -0.346 e. The molecule has 0 saturated heterocycles. The summed E-state index contributed by atoms with van der Waals surface area (Å²) < 4.78 is 15.2. The highest BCUT2D eigenvalue weighted by molar-refractivity contribution is 5.92. The van der Waals surface area contributed by atoms with E-state index in [9.17, 15) is 9.18 Å². The second-order valence-corrected chi connectivity index (χ2v) is 6.27. The van der Waals surface area contributed by atoms with Crippen LogP contribution in [0.1, 0.15) is 29.2 Å². The number of aryl methyl sites for hydroxylation is 2. The van der Waals surface area contributed by atoms with E-state index in [1.807, 2.05) is 61.1 Å². The molecular weight excluding hydrogens is 315 g/mol. The van der Waals surface area contributed by atoms with Gasteiger partial charge in [-0.15, -0.1) is 0 Å². The van der Waals surface area contributed by atoms with Crippen molar-refractivity contribution < 1.29 is 9.18 Å². The first-order valence-corrected chi connectivity index (χ1v) is 8.28. The van der Waals surface area contributed by atoms with Crippen LogP contribution in [0.5, 0.6) is 0 Å². The number of aromatic nitrogens is 1. The van der Waals surface area contributed by atoms with Gasteiger partial charge in [0.1, 0.15) is 5.82 Å². The highest BCUT2D eigenvalue weighted by Crippen LogP contribution is 2.24. The van der Waals surface area contributed by atoms with E-state index >= 15 is 0 Å². The molecule has 0 spiro atoms. The molecule has 25 heavy (non-hydrogen) atoms. The SMILES string of the molecule is Cc1ccc(C)c(NC(=O)C[C@@H](c2ccc(F)cc2)n2cccc2)c1. The van der Waals surface area contributed by atoms with Gasteiger partial charge in [-0.1, -0.05) is 24.3 Å². The van der Waals surface area contributed by atoms with E-state index in [4.69, 9.17) is 0 Å². The number of hydrogen-bond donors (Lipinski definition) is 1. The van der Waals surface area contributed by atoms with Crippen LogP contribution in [0, 0.1) is 19.7 Å². The van der Waals surface area contributed by atoms with E-state index in [0.717, 1.165) is 22.4 Å². The largest absolute Gasteiger partial charge is 0.346 e. The summed E-state index contributed by atoms with van der Waals surface area (Å²) in [7, 11) is 0. The molecule has 0 bridgehead atoms. The standard InChI is InChI=1S/C21H21FN2O/c1-15-5-6-16(2)19(13-15)23-21(25)14-20(24-11-3-4-12-24)17-7-9-18(22)10-8-17/h3-13,20H,14H2,1-2H3,(H,23,25)/t20-/m0/s1. The molecule has 0 aliphatic carbocycles. The smallest absolute Gasteiger partial charge is 0.226 e. The van der Waals surface area contributed by atoms with Crippen LogP contribution in [-0.2, 0) is 4.79 Å². The molecule has 4 heteroatoms. The maximum Gasteiger partial charge on any atom is 0.226 e. The Kier molecular flexibility index (Phi) is 4.98. The van der Waals surface area contributed by atoms with E-state index < -0.39 is 0 Å². The Morgan fingerprint density at radius 3 is 2.44 bits per heavy atom. The summed E-state index contributed by atoms with van der Waals surface area (Å²) in [5, 5.41) is 3.00. The zero-order valence-electron chi connectivity index (χ0n) is 14.4. The average Bonchev–Trinajstić information content (AvgIpc) is 3.11. The maximum absolute atomic E-state index is 13.2. The number of anilines is 1. The first-order chi connectivity index (χ1) is 12.0. The van der Waals surface area contributed by atoms with Gasteiger partial charge in [-0.2, -0.15) is 0 Å². The third kappa shape index (κ3) is 4.15. The van der Waals surface area contributed by atoms with Gasteiger partial charge in [0, 0.05) is 18.1 Å². The predicted octanol–water partition coefficient (Wildman–Crippen LogP) is 4.86. The predicted molar refractivity (Wildman–Crippen MR) is 98.1 cm³/mol. The Labute approximate surface area is 147 Å². The summed E-state index contributed by atoms with van der Waals surface area (Å²) in [4.78, 5) is 12.6. The van der Waals surface area contributed by atoms with E-state index in [2.05, 4.69) is 5.32 Å². The highest BCUT2D eigenvalue weighted by Gasteiger charge is 2.18.